The summed E-state index contributed by atoms with van der Waals surface area (Å²) in [6, 6.07) is 15.8. The number of aryl methyl sites for hydroxylation is 1. The molecule has 0 aliphatic carbocycles. The first kappa shape index (κ1) is 18.0. The highest BCUT2D eigenvalue weighted by molar-refractivity contribution is 7.16. The standard InChI is InChI=1S/C21H20N2O2S/c1-3-15-23-20-17(25-4-2)11-8-12-18(20)26-21(23)22-19(24)14-13-16-9-6-5-7-10-16/h1,5-12H,4,13-15H2,2H3. The monoisotopic (exact) mass is 364 g/mol. The molecule has 0 saturated carbocycles. The second kappa shape index (κ2) is 8.50. The van der Waals surface area contributed by atoms with Gasteiger partial charge in [-0.3, -0.25) is 4.79 Å². The Hall–Kier alpha value is -2.84. The molecule has 2 aromatic carbocycles. The second-order valence-electron chi connectivity index (χ2n) is 5.70. The lowest BCUT2D eigenvalue weighted by Crippen LogP contribution is -2.17. The van der Waals surface area contributed by atoms with Crippen molar-refractivity contribution in [3.8, 4) is 18.1 Å². The van der Waals surface area contributed by atoms with Crippen LogP contribution in [0.15, 0.2) is 53.5 Å². The number of benzene rings is 2. The molecule has 0 saturated heterocycles. The summed E-state index contributed by atoms with van der Waals surface area (Å²) >= 11 is 1.45. The van der Waals surface area contributed by atoms with Crippen molar-refractivity contribution < 1.29 is 9.53 Å². The van der Waals surface area contributed by atoms with Crippen molar-refractivity contribution in [2.45, 2.75) is 26.3 Å². The molecular weight excluding hydrogens is 344 g/mol. The molecule has 0 N–H and O–H groups in total. The van der Waals surface area contributed by atoms with E-state index in [1.54, 1.807) is 0 Å². The summed E-state index contributed by atoms with van der Waals surface area (Å²) in [5.41, 5.74) is 2.02. The van der Waals surface area contributed by atoms with Crippen LogP contribution in [0, 0.1) is 12.3 Å². The third-order valence-corrected chi connectivity index (χ3v) is 4.95. The Kier molecular flexibility index (Phi) is 5.88. The molecule has 4 nitrogen and oxygen atoms in total. The topological polar surface area (TPSA) is 43.6 Å². The van der Waals surface area contributed by atoms with E-state index in [-0.39, 0.29) is 5.91 Å². The molecule has 0 bridgehead atoms. The van der Waals surface area contributed by atoms with Crippen molar-refractivity contribution in [2.75, 3.05) is 6.61 Å². The lowest BCUT2D eigenvalue weighted by atomic mass is 10.1. The van der Waals surface area contributed by atoms with Crippen LogP contribution in [0.1, 0.15) is 18.9 Å². The van der Waals surface area contributed by atoms with E-state index in [2.05, 4.69) is 10.9 Å². The molecular formula is C21H20N2O2S. The van der Waals surface area contributed by atoms with Crippen molar-refractivity contribution in [3.63, 3.8) is 0 Å². The minimum absolute atomic E-state index is 0.149. The molecule has 132 valence electrons. The van der Waals surface area contributed by atoms with Crippen molar-refractivity contribution in [1.29, 1.82) is 0 Å². The Morgan fingerprint density at radius 3 is 2.77 bits per heavy atom. The zero-order chi connectivity index (χ0) is 18.4. The number of thiazole rings is 1. The maximum atomic E-state index is 12.4. The maximum Gasteiger partial charge on any atom is 0.248 e. The number of fused-ring (bicyclic) bond motifs is 1. The lowest BCUT2D eigenvalue weighted by Gasteiger charge is -2.07. The van der Waals surface area contributed by atoms with E-state index in [1.165, 1.54) is 11.3 Å². The Labute approximate surface area is 156 Å². The van der Waals surface area contributed by atoms with Gasteiger partial charge in [-0.2, -0.15) is 4.99 Å². The molecule has 0 spiro atoms. The number of rotatable bonds is 6. The normalized spacial score (nSPS) is 11.5. The van der Waals surface area contributed by atoms with E-state index in [0.29, 0.717) is 30.8 Å². The quantitative estimate of drug-likeness (QED) is 0.625. The van der Waals surface area contributed by atoms with Gasteiger partial charge in [-0.25, -0.2) is 0 Å². The van der Waals surface area contributed by atoms with Gasteiger partial charge in [0.2, 0.25) is 5.91 Å². The summed E-state index contributed by atoms with van der Waals surface area (Å²) in [4.78, 5) is 17.3. The molecule has 3 aromatic rings. The molecule has 0 unspecified atom stereocenters. The molecule has 1 aromatic heterocycles. The van der Waals surface area contributed by atoms with Gasteiger partial charge in [-0.1, -0.05) is 53.7 Å². The number of para-hydroxylation sites is 1. The zero-order valence-electron chi connectivity index (χ0n) is 14.6. The predicted molar refractivity (Wildman–Crippen MR) is 105 cm³/mol. The van der Waals surface area contributed by atoms with Gasteiger partial charge in [0.15, 0.2) is 4.80 Å². The molecule has 0 aliphatic heterocycles. The molecule has 26 heavy (non-hydrogen) atoms. The van der Waals surface area contributed by atoms with Gasteiger partial charge in [-0.05, 0) is 31.0 Å². The number of carbonyl (C=O) groups is 1. The molecule has 5 heteroatoms. The van der Waals surface area contributed by atoms with Gasteiger partial charge in [0.05, 0.1) is 17.9 Å². The molecule has 0 radical (unpaired) electrons. The van der Waals surface area contributed by atoms with Crippen molar-refractivity contribution in [3.05, 3.63) is 58.9 Å². The number of hydrogen-bond acceptors (Lipinski definition) is 3. The van der Waals surface area contributed by atoms with Crippen LogP contribution in [0.3, 0.4) is 0 Å². The molecule has 0 aliphatic rings. The Morgan fingerprint density at radius 2 is 2.04 bits per heavy atom. The van der Waals surface area contributed by atoms with Crippen molar-refractivity contribution in [2.24, 2.45) is 4.99 Å². The first-order valence-electron chi connectivity index (χ1n) is 8.53. The third-order valence-electron chi connectivity index (χ3n) is 3.90. The molecule has 0 atom stereocenters. The zero-order valence-corrected chi connectivity index (χ0v) is 15.5. The number of nitrogens with zero attached hydrogens (tertiary/aromatic N) is 2. The van der Waals surface area contributed by atoms with Gasteiger partial charge in [0.25, 0.3) is 0 Å². The molecule has 1 heterocycles. The highest BCUT2D eigenvalue weighted by Crippen LogP contribution is 2.27. The number of terminal acetylenes is 1. The minimum atomic E-state index is -0.149. The molecule has 1 amide bonds. The van der Waals surface area contributed by atoms with E-state index >= 15 is 0 Å². The molecule has 0 fully saturated rings. The van der Waals surface area contributed by atoms with Crippen LogP contribution < -0.4 is 9.54 Å². The van der Waals surface area contributed by atoms with E-state index in [4.69, 9.17) is 11.2 Å². The number of aromatic nitrogens is 1. The Balaban J connectivity index is 1.94. The first-order valence-corrected chi connectivity index (χ1v) is 9.34. The van der Waals surface area contributed by atoms with E-state index in [0.717, 1.165) is 21.5 Å². The predicted octanol–water partition coefficient (Wildman–Crippen LogP) is 3.79. The number of ether oxygens (including phenoxy) is 1. The summed E-state index contributed by atoms with van der Waals surface area (Å²) in [5.74, 6) is 3.26. The fourth-order valence-electron chi connectivity index (χ4n) is 2.75. The third kappa shape index (κ3) is 4.04. The number of carbonyl (C=O) groups excluding carboxylic acids is 1. The van der Waals surface area contributed by atoms with Gasteiger partial charge in [0, 0.05) is 6.42 Å². The van der Waals surface area contributed by atoms with Gasteiger partial charge >= 0.3 is 0 Å². The van der Waals surface area contributed by atoms with Crippen LogP contribution in [-0.4, -0.2) is 17.1 Å². The van der Waals surface area contributed by atoms with Crippen molar-refractivity contribution >= 4 is 27.5 Å². The summed E-state index contributed by atoms with van der Waals surface area (Å²) in [6.07, 6.45) is 6.58. The fraction of sp³-hybridized carbons (Fsp3) is 0.238. The van der Waals surface area contributed by atoms with Crippen LogP contribution in [0.25, 0.3) is 10.2 Å². The summed E-state index contributed by atoms with van der Waals surface area (Å²) < 4.78 is 8.60. The smallest absolute Gasteiger partial charge is 0.248 e. The lowest BCUT2D eigenvalue weighted by molar-refractivity contribution is -0.118. The van der Waals surface area contributed by atoms with Crippen LogP contribution in [-0.2, 0) is 17.8 Å². The van der Waals surface area contributed by atoms with E-state index < -0.39 is 0 Å². The van der Waals surface area contributed by atoms with Gasteiger partial charge < -0.3 is 9.30 Å². The van der Waals surface area contributed by atoms with Crippen LogP contribution in [0.4, 0.5) is 0 Å². The van der Waals surface area contributed by atoms with Gasteiger partial charge in [0.1, 0.15) is 11.3 Å². The summed E-state index contributed by atoms with van der Waals surface area (Å²) in [5, 5.41) is 0. The highest BCUT2D eigenvalue weighted by atomic mass is 32.1. The number of hydrogen-bond donors (Lipinski definition) is 0. The van der Waals surface area contributed by atoms with E-state index in [9.17, 15) is 4.79 Å². The highest BCUT2D eigenvalue weighted by Gasteiger charge is 2.12. The summed E-state index contributed by atoms with van der Waals surface area (Å²) in [7, 11) is 0. The number of amides is 1. The molecule has 3 rings (SSSR count). The first-order chi connectivity index (χ1) is 12.7. The largest absolute Gasteiger partial charge is 0.492 e. The maximum absolute atomic E-state index is 12.4. The average molecular weight is 364 g/mol. The van der Waals surface area contributed by atoms with E-state index in [1.807, 2.05) is 60.0 Å². The van der Waals surface area contributed by atoms with Crippen LogP contribution in [0.2, 0.25) is 0 Å². The second-order valence-corrected chi connectivity index (χ2v) is 6.71. The average Bonchev–Trinajstić information content (AvgIpc) is 3.00. The Morgan fingerprint density at radius 1 is 1.23 bits per heavy atom. The van der Waals surface area contributed by atoms with Gasteiger partial charge in [-0.15, -0.1) is 6.42 Å². The Bertz CT molecular complexity index is 1010. The van der Waals surface area contributed by atoms with Crippen LogP contribution in [0.5, 0.6) is 5.75 Å². The SMILES string of the molecule is C#CCn1c(=NC(=O)CCc2ccccc2)sc2cccc(OCC)c21. The minimum Gasteiger partial charge on any atom is -0.492 e. The fourth-order valence-corrected chi connectivity index (χ4v) is 3.82. The summed E-state index contributed by atoms with van der Waals surface area (Å²) in [6.45, 7) is 2.84. The van der Waals surface area contributed by atoms with Crippen LogP contribution >= 0.6 is 11.3 Å². The van der Waals surface area contributed by atoms with Crippen molar-refractivity contribution in [1.82, 2.24) is 4.57 Å².